The first-order chi connectivity index (χ1) is 16.8. The normalized spacial score (nSPS) is 15.4. The van der Waals surface area contributed by atoms with Crippen LogP contribution in [0.15, 0.2) is 57.5 Å². The summed E-state index contributed by atoms with van der Waals surface area (Å²) in [5.74, 6) is 0.835. The van der Waals surface area contributed by atoms with Crippen LogP contribution in [0.25, 0.3) is 6.08 Å². The third-order valence-corrected chi connectivity index (χ3v) is 6.83. The van der Waals surface area contributed by atoms with Gasteiger partial charge < -0.3 is 18.9 Å². The Morgan fingerprint density at radius 3 is 2.23 bits per heavy atom. The Bertz CT molecular complexity index is 1480. The summed E-state index contributed by atoms with van der Waals surface area (Å²) in [5.41, 5.74) is 1.87. The van der Waals surface area contributed by atoms with Gasteiger partial charge in [-0.15, -0.1) is 0 Å². The zero-order chi connectivity index (χ0) is 25.3. The van der Waals surface area contributed by atoms with Gasteiger partial charge in [0.1, 0.15) is 0 Å². The number of benzene rings is 2. The van der Waals surface area contributed by atoms with Crippen LogP contribution in [0.3, 0.4) is 0 Å². The molecule has 1 unspecified atom stereocenters. The van der Waals surface area contributed by atoms with E-state index < -0.39 is 12.0 Å². The van der Waals surface area contributed by atoms with Crippen LogP contribution in [0.1, 0.15) is 24.1 Å². The molecular weight excluding hydrogens is 492 g/mol. The van der Waals surface area contributed by atoms with E-state index in [0.29, 0.717) is 54.0 Å². The Kier molecular flexibility index (Phi) is 7.00. The van der Waals surface area contributed by atoms with Crippen molar-refractivity contribution in [3.63, 3.8) is 0 Å². The molecule has 35 heavy (non-hydrogen) atoms. The van der Waals surface area contributed by atoms with E-state index in [1.165, 1.54) is 44.3 Å². The molecule has 4 rings (SSSR count). The number of hydrogen-bond acceptors (Lipinski definition) is 8. The summed E-state index contributed by atoms with van der Waals surface area (Å²) in [5, 5.41) is 0.545. The zero-order valence-corrected chi connectivity index (χ0v) is 21.3. The summed E-state index contributed by atoms with van der Waals surface area (Å²) in [6.07, 6.45) is 1.73. The van der Waals surface area contributed by atoms with Crippen molar-refractivity contribution in [1.82, 2.24) is 4.57 Å². The van der Waals surface area contributed by atoms with Gasteiger partial charge in [-0.25, -0.2) is 9.79 Å². The van der Waals surface area contributed by atoms with Gasteiger partial charge in [0, 0.05) is 5.02 Å². The highest BCUT2D eigenvalue weighted by atomic mass is 35.5. The maximum absolute atomic E-state index is 13.7. The van der Waals surface area contributed by atoms with Crippen LogP contribution in [-0.4, -0.2) is 39.0 Å². The number of rotatable bonds is 6. The molecule has 0 fully saturated rings. The maximum Gasteiger partial charge on any atom is 0.338 e. The molecule has 1 aliphatic heterocycles. The molecule has 2 aromatic carbocycles. The van der Waals surface area contributed by atoms with Crippen LogP contribution in [0.2, 0.25) is 5.02 Å². The van der Waals surface area contributed by atoms with E-state index in [1.54, 1.807) is 49.4 Å². The third kappa shape index (κ3) is 4.44. The Labute approximate surface area is 210 Å². The van der Waals surface area contributed by atoms with Gasteiger partial charge in [0.25, 0.3) is 5.56 Å². The summed E-state index contributed by atoms with van der Waals surface area (Å²) in [6, 6.07) is 9.79. The number of carbonyl (C=O) groups excluding carboxylic acids is 1. The Morgan fingerprint density at radius 1 is 1.06 bits per heavy atom. The lowest BCUT2D eigenvalue weighted by Gasteiger charge is -2.24. The van der Waals surface area contributed by atoms with Crippen LogP contribution >= 0.6 is 22.9 Å². The summed E-state index contributed by atoms with van der Waals surface area (Å²) < 4.78 is 23.2. The molecule has 8 nitrogen and oxygen atoms in total. The van der Waals surface area contributed by atoms with Gasteiger partial charge in [0.15, 0.2) is 16.3 Å². The lowest BCUT2D eigenvalue weighted by Crippen LogP contribution is -2.39. The molecule has 182 valence electrons. The second-order valence-corrected chi connectivity index (χ2v) is 9.03. The number of methoxy groups -OCH3 is 4. The molecule has 0 radical (unpaired) electrons. The number of halogens is 1. The maximum atomic E-state index is 13.7. The minimum Gasteiger partial charge on any atom is -0.493 e. The first kappa shape index (κ1) is 24.6. The van der Waals surface area contributed by atoms with Crippen molar-refractivity contribution in [2.75, 3.05) is 28.4 Å². The summed E-state index contributed by atoms with van der Waals surface area (Å²) in [6.45, 7) is 1.73. The number of ether oxygens (including phenoxy) is 4. The molecule has 0 spiro atoms. The SMILES string of the molecule is COC(=O)C1=C(C)N=c2sc(=Cc3cc(OC)c(OC)c(OC)c3)c(=O)n2C1c1ccc(Cl)cc1. The number of allylic oxidation sites excluding steroid dienone is 1. The molecule has 3 aromatic rings. The highest BCUT2D eigenvalue weighted by molar-refractivity contribution is 7.07. The molecule has 0 saturated heterocycles. The highest BCUT2D eigenvalue weighted by Gasteiger charge is 2.33. The number of fused-ring (bicyclic) bond motifs is 1. The first-order valence-corrected chi connectivity index (χ1v) is 11.7. The van der Waals surface area contributed by atoms with Gasteiger partial charge in [-0.2, -0.15) is 0 Å². The molecule has 0 bridgehead atoms. The smallest absolute Gasteiger partial charge is 0.338 e. The predicted molar refractivity (Wildman–Crippen MR) is 133 cm³/mol. The molecule has 2 heterocycles. The molecular formula is C25H23ClN2O6S. The van der Waals surface area contributed by atoms with E-state index in [2.05, 4.69) is 4.99 Å². The van der Waals surface area contributed by atoms with Gasteiger partial charge in [0.05, 0.1) is 50.3 Å². The van der Waals surface area contributed by atoms with E-state index in [1.807, 2.05) is 0 Å². The van der Waals surface area contributed by atoms with Crippen molar-refractivity contribution in [2.24, 2.45) is 4.99 Å². The summed E-state index contributed by atoms with van der Waals surface area (Å²) in [4.78, 5) is 31.4. The van der Waals surface area contributed by atoms with Crippen LogP contribution in [0.4, 0.5) is 0 Å². The predicted octanol–water partition coefficient (Wildman–Crippen LogP) is 3.09. The number of carbonyl (C=O) groups is 1. The average molecular weight is 515 g/mol. The van der Waals surface area contributed by atoms with Crippen LogP contribution in [-0.2, 0) is 9.53 Å². The van der Waals surface area contributed by atoms with E-state index in [4.69, 9.17) is 30.5 Å². The monoisotopic (exact) mass is 514 g/mol. The van der Waals surface area contributed by atoms with Crippen LogP contribution in [0.5, 0.6) is 17.2 Å². The van der Waals surface area contributed by atoms with Crippen molar-refractivity contribution in [1.29, 1.82) is 0 Å². The van der Waals surface area contributed by atoms with Crippen molar-refractivity contribution in [2.45, 2.75) is 13.0 Å². The fourth-order valence-corrected chi connectivity index (χ4v) is 5.16. The van der Waals surface area contributed by atoms with E-state index in [9.17, 15) is 9.59 Å². The topological polar surface area (TPSA) is 88.4 Å². The minimum absolute atomic E-state index is 0.293. The quantitative estimate of drug-likeness (QED) is 0.470. The average Bonchev–Trinajstić information content (AvgIpc) is 3.16. The van der Waals surface area contributed by atoms with Gasteiger partial charge in [-0.3, -0.25) is 9.36 Å². The van der Waals surface area contributed by atoms with Crippen molar-refractivity contribution < 1.29 is 23.7 Å². The van der Waals surface area contributed by atoms with Gasteiger partial charge in [-0.05, 0) is 48.4 Å². The van der Waals surface area contributed by atoms with Gasteiger partial charge in [-0.1, -0.05) is 35.1 Å². The Balaban J connectivity index is 1.96. The number of nitrogens with zero attached hydrogens (tertiary/aromatic N) is 2. The largest absolute Gasteiger partial charge is 0.493 e. The minimum atomic E-state index is -0.710. The van der Waals surface area contributed by atoms with E-state index >= 15 is 0 Å². The second kappa shape index (κ2) is 9.97. The molecule has 0 saturated carbocycles. The lowest BCUT2D eigenvalue weighted by molar-refractivity contribution is -0.136. The van der Waals surface area contributed by atoms with Crippen molar-refractivity contribution >= 4 is 35.0 Å². The lowest BCUT2D eigenvalue weighted by atomic mass is 9.96. The number of hydrogen-bond donors (Lipinski definition) is 0. The molecule has 0 aliphatic carbocycles. The molecule has 0 N–H and O–H groups in total. The summed E-state index contributed by atoms with van der Waals surface area (Å²) >= 11 is 7.30. The van der Waals surface area contributed by atoms with E-state index in [0.717, 1.165) is 0 Å². The molecule has 1 aliphatic rings. The van der Waals surface area contributed by atoms with Crippen LogP contribution in [0, 0.1) is 0 Å². The van der Waals surface area contributed by atoms with Gasteiger partial charge in [0.2, 0.25) is 5.75 Å². The second-order valence-electron chi connectivity index (χ2n) is 7.58. The Morgan fingerprint density at radius 2 is 1.69 bits per heavy atom. The molecule has 10 heteroatoms. The Hall–Kier alpha value is -3.56. The fraction of sp³-hybridized carbons (Fsp3) is 0.240. The van der Waals surface area contributed by atoms with E-state index in [-0.39, 0.29) is 5.56 Å². The standard InChI is InChI=1S/C25H23ClN2O6S/c1-13-20(24(30)34-5)21(15-6-8-16(26)9-7-15)28-23(29)19(35-25(28)27-13)12-14-10-17(31-2)22(33-4)18(11-14)32-3/h6-12,21H,1-5H3. The van der Waals surface area contributed by atoms with Gasteiger partial charge >= 0.3 is 5.97 Å². The summed E-state index contributed by atoms with van der Waals surface area (Å²) in [7, 11) is 5.88. The molecule has 1 aromatic heterocycles. The fourth-order valence-electron chi connectivity index (χ4n) is 3.99. The first-order valence-electron chi connectivity index (χ1n) is 10.5. The molecule has 1 atom stereocenters. The zero-order valence-electron chi connectivity index (χ0n) is 19.7. The van der Waals surface area contributed by atoms with Crippen molar-refractivity contribution in [3.8, 4) is 17.2 Å². The third-order valence-electron chi connectivity index (χ3n) is 5.60. The number of aromatic nitrogens is 1. The highest BCUT2D eigenvalue weighted by Crippen LogP contribution is 2.38. The number of esters is 1. The number of thiazole rings is 1. The van der Waals surface area contributed by atoms with Crippen LogP contribution < -0.4 is 29.1 Å². The molecule has 0 amide bonds. The van der Waals surface area contributed by atoms with Crippen molar-refractivity contribution in [3.05, 3.63) is 83.5 Å².